The zero-order chi connectivity index (χ0) is 25.2. The van der Waals surface area contributed by atoms with E-state index in [1.807, 2.05) is 13.0 Å². The van der Waals surface area contributed by atoms with Crippen LogP contribution in [0.25, 0.3) is 0 Å². The molecule has 0 unspecified atom stereocenters. The van der Waals surface area contributed by atoms with E-state index in [-0.39, 0.29) is 18.2 Å². The van der Waals surface area contributed by atoms with Crippen molar-refractivity contribution in [1.82, 2.24) is 10.7 Å². The van der Waals surface area contributed by atoms with Crippen LogP contribution < -0.4 is 20.2 Å². The quantitative estimate of drug-likeness (QED) is 0.116. The number of hydrazone groups is 1. The van der Waals surface area contributed by atoms with Crippen molar-refractivity contribution in [3.63, 3.8) is 0 Å². The molecular weight excluding hydrogens is 629 g/mol. The van der Waals surface area contributed by atoms with Crippen molar-refractivity contribution in [1.29, 1.82) is 0 Å². The highest BCUT2D eigenvalue weighted by Gasteiger charge is 2.13. The maximum absolute atomic E-state index is 12.6. The van der Waals surface area contributed by atoms with E-state index in [0.717, 1.165) is 8.04 Å². The summed E-state index contributed by atoms with van der Waals surface area (Å²) < 4.78 is 12.4. The molecule has 0 aliphatic heterocycles. The Kier molecular flexibility index (Phi) is 9.79. The lowest BCUT2D eigenvalue weighted by atomic mass is 10.2. The lowest BCUT2D eigenvalue weighted by Gasteiger charge is -2.09. The van der Waals surface area contributed by atoms with Gasteiger partial charge in [0, 0.05) is 13.6 Å². The second-order valence-electron chi connectivity index (χ2n) is 6.98. The molecule has 0 bridgehead atoms. The molecule has 0 aliphatic carbocycles. The van der Waals surface area contributed by atoms with Gasteiger partial charge in [-0.25, -0.2) is 10.2 Å². The second kappa shape index (κ2) is 13.0. The van der Waals surface area contributed by atoms with Crippen LogP contribution in [0.1, 0.15) is 33.2 Å². The fourth-order valence-corrected chi connectivity index (χ4v) is 3.85. The van der Waals surface area contributed by atoms with Crippen molar-refractivity contribution in [2.24, 2.45) is 5.10 Å². The molecule has 0 atom stereocenters. The van der Waals surface area contributed by atoms with E-state index >= 15 is 0 Å². The largest absolute Gasteiger partial charge is 0.494 e. The highest BCUT2D eigenvalue weighted by molar-refractivity contribution is 14.1. The van der Waals surface area contributed by atoms with Gasteiger partial charge in [0.25, 0.3) is 11.8 Å². The number of halogens is 2. The number of hydrogen-bond donors (Lipinski definition) is 2. The van der Waals surface area contributed by atoms with E-state index in [0.29, 0.717) is 29.0 Å². The topological polar surface area (TPSA) is 106 Å². The molecule has 3 aromatic carbocycles. The van der Waals surface area contributed by atoms with Gasteiger partial charge in [-0.15, -0.1) is 0 Å². The number of carbonyl (C=O) groups excluding carboxylic acids is 3. The zero-order valence-electron chi connectivity index (χ0n) is 18.6. The molecule has 10 heteroatoms. The summed E-state index contributed by atoms with van der Waals surface area (Å²) >= 11 is 5.42. The number of carbonyl (C=O) groups is 3. The minimum Gasteiger partial charge on any atom is -0.494 e. The Hall–Kier alpha value is -3.25. The number of ether oxygens (including phenoxy) is 2. The first-order chi connectivity index (χ1) is 16.9. The molecule has 2 N–H and O–H groups in total. The average molecular weight is 650 g/mol. The first-order valence-corrected chi connectivity index (χ1v) is 12.3. The molecule has 3 rings (SSSR count). The van der Waals surface area contributed by atoms with Crippen molar-refractivity contribution in [2.75, 3.05) is 13.2 Å². The first kappa shape index (κ1) is 26.4. The predicted molar refractivity (Wildman–Crippen MR) is 144 cm³/mol. The number of hydrogen-bond acceptors (Lipinski definition) is 6. The van der Waals surface area contributed by atoms with E-state index in [1.54, 1.807) is 60.7 Å². The van der Waals surface area contributed by atoms with Crippen LogP contribution in [-0.2, 0) is 4.79 Å². The van der Waals surface area contributed by atoms with Gasteiger partial charge in [-0.05, 0) is 84.1 Å². The summed E-state index contributed by atoms with van der Waals surface area (Å²) in [6.07, 6.45) is 1.35. The molecule has 2 amide bonds. The van der Waals surface area contributed by atoms with Gasteiger partial charge < -0.3 is 14.8 Å². The molecule has 0 saturated carbocycles. The summed E-state index contributed by atoms with van der Waals surface area (Å²) in [5.41, 5.74) is 3.65. The molecule has 0 radical (unpaired) electrons. The van der Waals surface area contributed by atoms with Crippen molar-refractivity contribution in [3.05, 3.63) is 91.5 Å². The summed E-state index contributed by atoms with van der Waals surface area (Å²) in [5.74, 6) is -0.497. The number of benzene rings is 3. The van der Waals surface area contributed by atoms with E-state index < -0.39 is 11.9 Å². The summed E-state index contributed by atoms with van der Waals surface area (Å²) in [6.45, 7) is 2.16. The molecule has 35 heavy (non-hydrogen) atoms. The summed E-state index contributed by atoms with van der Waals surface area (Å²) in [4.78, 5) is 36.9. The molecular formula is C25H21BrIN3O5. The highest BCUT2D eigenvalue weighted by atomic mass is 127. The van der Waals surface area contributed by atoms with Gasteiger partial charge in [0.15, 0.2) is 0 Å². The van der Waals surface area contributed by atoms with Crippen LogP contribution in [-0.4, -0.2) is 37.1 Å². The SMILES string of the molecule is CCOc1ccc(C(=O)Oc2ccc(Br)cc2/C=N\NC(=O)CNC(=O)c2ccccc2I)cc1. The fourth-order valence-electron chi connectivity index (χ4n) is 2.84. The Morgan fingerprint density at radius 3 is 2.51 bits per heavy atom. The van der Waals surface area contributed by atoms with Gasteiger partial charge in [0.05, 0.1) is 30.5 Å². The van der Waals surface area contributed by atoms with Gasteiger partial charge in [-0.2, -0.15) is 5.10 Å². The average Bonchev–Trinajstić information content (AvgIpc) is 2.85. The van der Waals surface area contributed by atoms with Crippen molar-refractivity contribution in [2.45, 2.75) is 6.92 Å². The second-order valence-corrected chi connectivity index (χ2v) is 9.06. The van der Waals surface area contributed by atoms with Crippen LogP contribution in [0.4, 0.5) is 0 Å². The number of amides is 2. The smallest absolute Gasteiger partial charge is 0.343 e. The summed E-state index contributed by atoms with van der Waals surface area (Å²) in [7, 11) is 0. The molecule has 180 valence electrons. The van der Waals surface area contributed by atoms with Gasteiger partial charge in [0.2, 0.25) is 0 Å². The number of esters is 1. The lowest BCUT2D eigenvalue weighted by Crippen LogP contribution is -2.35. The molecule has 0 spiro atoms. The van der Waals surface area contributed by atoms with Gasteiger partial charge in [-0.1, -0.05) is 28.1 Å². The van der Waals surface area contributed by atoms with Gasteiger partial charge >= 0.3 is 5.97 Å². The summed E-state index contributed by atoms with van der Waals surface area (Å²) in [5, 5.41) is 6.47. The number of nitrogens with one attached hydrogen (secondary N) is 2. The molecule has 8 nitrogen and oxygen atoms in total. The van der Waals surface area contributed by atoms with E-state index in [2.05, 4.69) is 54.4 Å². The maximum atomic E-state index is 12.6. The minimum absolute atomic E-state index is 0.251. The highest BCUT2D eigenvalue weighted by Crippen LogP contribution is 2.23. The van der Waals surface area contributed by atoms with E-state index in [9.17, 15) is 14.4 Å². The van der Waals surface area contributed by atoms with Crippen LogP contribution in [0.3, 0.4) is 0 Å². The third-order valence-electron chi connectivity index (χ3n) is 4.50. The molecule has 0 saturated heterocycles. The normalized spacial score (nSPS) is 10.6. The molecule has 0 aromatic heterocycles. The van der Waals surface area contributed by atoms with Crippen molar-refractivity contribution in [3.8, 4) is 11.5 Å². The number of rotatable bonds is 9. The van der Waals surface area contributed by atoms with Gasteiger partial charge in [-0.3, -0.25) is 9.59 Å². The number of nitrogens with zero attached hydrogens (tertiary/aromatic N) is 1. The fraction of sp³-hybridized carbons (Fsp3) is 0.120. The van der Waals surface area contributed by atoms with Crippen LogP contribution in [0.15, 0.2) is 76.3 Å². The molecule has 3 aromatic rings. The molecule has 0 heterocycles. The lowest BCUT2D eigenvalue weighted by molar-refractivity contribution is -0.120. The Bertz CT molecular complexity index is 1250. The van der Waals surface area contributed by atoms with Crippen molar-refractivity contribution < 1.29 is 23.9 Å². The summed E-state index contributed by atoms with van der Waals surface area (Å²) in [6, 6.07) is 18.7. The third kappa shape index (κ3) is 7.89. The molecule has 0 aliphatic rings. The standard InChI is InChI=1S/C25H21BrIN3O5/c1-2-34-19-10-7-16(8-11-19)25(33)35-22-12-9-18(26)13-17(22)14-29-30-23(31)15-28-24(32)20-5-3-4-6-21(20)27/h3-14H,2,15H2,1H3,(H,28,32)(H,30,31)/b29-14-. The third-order valence-corrected chi connectivity index (χ3v) is 5.93. The Labute approximate surface area is 224 Å². The van der Waals surface area contributed by atoms with Crippen LogP contribution in [0.2, 0.25) is 0 Å². The van der Waals surface area contributed by atoms with E-state index in [1.165, 1.54) is 6.21 Å². The van der Waals surface area contributed by atoms with Crippen LogP contribution in [0, 0.1) is 3.57 Å². The predicted octanol–water partition coefficient (Wildman–Crippen LogP) is 4.55. The monoisotopic (exact) mass is 649 g/mol. The Balaban J connectivity index is 1.59. The van der Waals surface area contributed by atoms with Crippen LogP contribution >= 0.6 is 38.5 Å². The van der Waals surface area contributed by atoms with Crippen LogP contribution in [0.5, 0.6) is 11.5 Å². The maximum Gasteiger partial charge on any atom is 0.343 e. The van der Waals surface area contributed by atoms with Crippen molar-refractivity contribution >= 4 is 62.5 Å². The first-order valence-electron chi connectivity index (χ1n) is 10.5. The Morgan fingerprint density at radius 1 is 1.06 bits per heavy atom. The molecule has 0 fully saturated rings. The van der Waals surface area contributed by atoms with E-state index in [4.69, 9.17) is 9.47 Å². The Morgan fingerprint density at radius 2 is 1.80 bits per heavy atom. The zero-order valence-corrected chi connectivity index (χ0v) is 22.3. The van der Waals surface area contributed by atoms with Gasteiger partial charge in [0.1, 0.15) is 11.5 Å². The minimum atomic E-state index is -0.549.